The molecule has 6 nitrogen and oxygen atoms in total. The molecule has 0 aromatic heterocycles. The van der Waals surface area contributed by atoms with Crippen molar-refractivity contribution >= 4 is 51.7 Å². The van der Waals surface area contributed by atoms with Crippen LogP contribution in [0, 0.1) is 0 Å². The molecule has 0 aliphatic carbocycles. The number of amidine groups is 1. The summed E-state index contributed by atoms with van der Waals surface area (Å²) in [4.78, 5) is 31.2. The number of rotatable bonds is 6. The van der Waals surface area contributed by atoms with Crippen molar-refractivity contribution in [2.24, 2.45) is 4.99 Å². The van der Waals surface area contributed by atoms with Crippen molar-refractivity contribution in [2.75, 3.05) is 19.0 Å². The van der Waals surface area contributed by atoms with Crippen molar-refractivity contribution in [1.29, 1.82) is 0 Å². The van der Waals surface area contributed by atoms with Gasteiger partial charge in [0, 0.05) is 23.7 Å². The van der Waals surface area contributed by atoms with Crippen LogP contribution in [0.4, 0.5) is 11.4 Å². The Morgan fingerprint density at radius 3 is 2.50 bits per heavy atom. The lowest BCUT2D eigenvalue weighted by Crippen LogP contribution is -2.33. The Kier molecular flexibility index (Phi) is 6.59. The van der Waals surface area contributed by atoms with Gasteiger partial charge in [0.05, 0.1) is 12.8 Å². The monoisotopic (exact) mass is 417 g/mol. The fourth-order valence-electron chi connectivity index (χ4n) is 2.70. The number of methoxy groups -OCH3 is 1. The van der Waals surface area contributed by atoms with Crippen LogP contribution < -0.4 is 10.1 Å². The van der Waals surface area contributed by atoms with E-state index >= 15 is 0 Å². The Morgan fingerprint density at radius 2 is 1.89 bits per heavy atom. The molecule has 0 spiro atoms. The number of halogens is 1. The van der Waals surface area contributed by atoms with E-state index in [1.165, 1.54) is 11.8 Å². The highest BCUT2D eigenvalue weighted by Gasteiger charge is 2.38. The van der Waals surface area contributed by atoms with E-state index in [1.807, 2.05) is 6.92 Å². The first kappa shape index (κ1) is 20.2. The van der Waals surface area contributed by atoms with E-state index in [-0.39, 0.29) is 18.2 Å². The predicted octanol–water partition coefficient (Wildman–Crippen LogP) is 4.33. The summed E-state index contributed by atoms with van der Waals surface area (Å²) < 4.78 is 5.10. The molecule has 28 heavy (non-hydrogen) atoms. The average Bonchev–Trinajstić information content (AvgIpc) is 2.98. The zero-order valence-corrected chi connectivity index (χ0v) is 17.1. The number of thioether (sulfide) groups is 1. The van der Waals surface area contributed by atoms with Gasteiger partial charge in [0.25, 0.3) is 0 Å². The van der Waals surface area contributed by atoms with Gasteiger partial charge in [0.2, 0.25) is 11.8 Å². The first-order valence-corrected chi connectivity index (χ1v) is 10.0. The van der Waals surface area contributed by atoms with Crippen molar-refractivity contribution < 1.29 is 14.3 Å². The van der Waals surface area contributed by atoms with Gasteiger partial charge in [0.15, 0.2) is 5.17 Å². The van der Waals surface area contributed by atoms with Crippen molar-refractivity contribution in [3.8, 4) is 5.75 Å². The standard InChI is InChI=1S/C20H20ClN3O3S/c1-3-24-19(26)17(28-20(24)23-15-6-4-13(21)5-7-15)12-18(25)22-14-8-10-16(27-2)11-9-14/h4-11,17H,3,12H2,1-2H3,(H,22,25)/t17-/m0/s1. The van der Waals surface area contributed by atoms with Crippen LogP contribution in [0.15, 0.2) is 53.5 Å². The summed E-state index contributed by atoms with van der Waals surface area (Å²) in [5, 5.41) is 3.53. The van der Waals surface area contributed by atoms with Crippen LogP contribution in [0.1, 0.15) is 13.3 Å². The van der Waals surface area contributed by atoms with Crippen molar-refractivity contribution in [2.45, 2.75) is 18.6 Å². The van der Waals surface area contributed by atoms with Gasteiger partial charge >= 0.3 is 0 Å². The average molecular weight is 418 g/mol. The SMILES string of the molecule is CCN1C(=O)[C@H](CC(=O)Nc2ccc(OC)cc2)SC1=Nc1ccc(Cl)cc1. The summed E-state index contributed by atoms with van der Waals surface area (Å²) in [7, 11) is 1.58. The number of ether oxygens (including phenoxy) is 1. The maximum Gasteiger partial charge on any atom is 0.242 e. The molecule has 146 valence electrons. The second kappa shape index (κ2) is 9.12. The number of nitrogens with one attached hydrogen (secondary N) is 1. The van der Waals surface area contributed by atoms with Crippen molar-refractivity contribution in [3.05, 3.63) is 53.6 Å². The molecule has 1 saturated heterocycles. The minimum atomic E-state index is -0.496. The Labute approximate surface area is 172 Å². The molecular formula is C20H20ClN3O3S. The Hall–Kier alpha value is -2.51. The molecule has 2 aromatic rings. The van der Waals surface area contributed by atoms with Gasteiger partial charge in [-0.15, -0.1) is 0 Å². The number of benzene rings is 2. The number of aliphatic imine (C=N–C) groups is 1. The molecule has 1 aliphatic heterocycles. The van der Waals surface area contributed by atoms with Crippen LogP contribution in [-0.2, 0) is 9.59 Å². The summed E-state index contributed by atoms with van der Waals surface area (Å²) in [6, 6.07) is 14.1. The highest BCUT2D eigenvalue weighted by atomic mass is 35.5. The van der Waals surface area contributed by atoms with Crippen LogP contribution in [0.3, 0.4) is 0 Å². The van der Waals surface area contributed by atoms with E-state index in [0.717, 1.165) is 0 Å². The van der Waals surface area contributed by atoms with Gasteiger partial charge < -0.3 is 10.1 Å². The highest BCUT2D eigenvalue weighted by Crippen LogP contribution is 2.32. The lowest BCUT2D eigenvalue weighted by molar-refractivity contribution is -0.128. The molecule has 1 atom stereocenters. The maximum absolute atomic E-state index is 12.7. The molecule has 1 heterocycles. The van der Waals surface area contributed by atoms with Crippen LogP contribution in [0.5, 0.6) is 5.75 Å². The quantitative estimate of drug-likeness (QED) is 0.759. The van der Waals surface area contributed by atoms with Gasteiger partial charge in [-0.3, -0.25) is 14.5 Å². The molecule has 0 saturated carbocycles. The van der Waals surface area contributed by atoms with E-state index in [0.29, 0.717) is 33.9 Å². The molecule has 3 rings (SSSR count). The minimum absolute atomic E-state index is 0.0751. The largest absolute Gasteiger partial charge is 0.497 e. The summed E-state index contributed by atoms with van der Waals surface area (Å²) >= 11 is 7.21. The summed E-state index contributed by atoms with van der Waals surface area (Å²) in [6.45, 7) is 2.38. The van der Waals surface area contributed by atoms with Crippen LogP contribution in [-0.4, -0.2) is 40.8 Å². The van der Waals surface area contributed by atoms with Gasteiger partial charge in [0.1, 0.15) is 11.0 Å². The van der Waals surface area contributed by atoms with Crippen LogP contribution >= 0.6 is 23.4 Å². The second-order valence-corrected chi connectivity index (χ2v) is 7.65. The number of anilines is 1. The zero-order chi connectivity index (χ0) is 20.1. The van der Waals surface area contributed by atoms with E-state index in [1.54, 1.807) is 60.5 Å². The van der Waals surface area contributed by atoms with Gasteiger partial charge in [-0.1, -0.05) is 23.4 Å². The third-order valence-electron chi connectivity index (χ3n) is 4.13. The first-order chi connectivity index (χ1) is 13.5. The molecule has 0 radical (unpaired) electrons. The number of amides is 2. The van der Waals surface area contributed by atoms with E-state index in [4.69, 9.17) is 16.3 Å². The number of carbonyl (C=O) groups is 2. The van der Waals surface area contributed by atoms with Gasteiger partial charge in [-0.2, -0.15) is 0 Å². The Balaban J connectivity index is 1.67. The normalized spacial score (nSPS) is 17.8. The van der Waals surface area contributed by atoms with Crippen molar-refractivity contribution in [3.63, 3.8) is 0 Å². The molecule has 0 unspecified atom stereocenters. The zero-order valence-electron chi connectivity index (χ0n) is 15.5. The second-order valence-electron chi connectivity index (χ2n) is 6.04. The smallest absolute Gasteiger partial charge is 0.242 e. The fraction of sp³-hybridized carbons (Fsp3) is 0.250. The Bertz CT molecular complexity index is 885. The number of carbonyl (C=O) groups excluding carboxylic acids is 2. The predicted molar refractivity (Wildman–Crippen MR) is 114 cm³/mol. The highest BCUT2D eigenvalue weighted by molar-refractivity contribution is 8.15. The first-order valence-electron chi connectivity index (χ1n) is 8.76. The molecule has 2 amide bonds. The summed E-state index contributed by atoms with van der Waals surface area (Å²) in [5.74, 6) is 0.381. The number of nitrogens with zero attached hydrogens (tertiary/aromatic N) is 2. The summed E-state index contributed by atoms with van der Waals surface area (Å²) in [6.07, 6.45) is 0.0751. The molecular weight excluding hydrogens is 398 g/mol. The molecule has 2 aromatic carbocycles. The van der Waals surface area contributed by atoms with E-state index < -0.39 is 5.25 Å². The molecule has 1 aliphatic rings. The molecule has 8 heteroatoms. The lowest BCUT2D eigenvalue weighted by Gasteiger charge is -2.13. The molecule has 1 N–H and O–H groups in total. The third kappa shape index (κ3) is 4.85. The van der Waals surface area contributed by atoms with Crippen molar-refractivity contribution in [1.82, 2.24) is 4.90 Å². The van der Waals surface area contributed by atoms with E-state index in [2.05, 4.69) is 10.3 Å². The lowest BCUT2D eigenvalue weighted by atomic mass is 10.2. The van der Waals surface area contributed by atoms with Crippen LogP contribution in [0.25, 0.3) is 0 Å². The minimum Gasteiger partial charge on any atom is -0.497 e. The van der Waals surface area contributed by atoms with Gasteiger partial charge in [-0.05, 0) is 55.5 Å². The van der Waals surface area contributed by atoms with E-state index in [9.17, 15) is 9.59 Å². The number of hydrogen-bond acceptors (Lipinski definition) is 5. The topological polar surface area (TPSA) is 71.0 Å². The molecule has 0 bridgehead atoms. The third-order valence-corrected chi connectivity index (χ3v) is 5.56. The van der Waals surface area contributed by atoms with Crippen LogP contribution in [0.2, 0.25) is 5.02 Å². The molecule has 1 fully saturated rings. The van der Waals surface area contributed by atoms with Gasteiger partial charge in [-0.25, -0.2) is 4.99 Å². The maximum atomic E-state index is 12.7. The summed E-state index contributed by atoms with van der Waals surface area (Å²) in [5.41, 5.74) is 1.37. The number of hydrogen-bond donors (Lipinski definition) is 1. The fourth-order valence-corrected chi connectivity index (χ4v) is 4.04. The Morgan fingerprint density at radius 1 is 1.21 bits per heavy atom.